The van der Waals surface area contributed by atoms with Gasteiger partial charge in [0.05, 0.1) is 5.56 Å². The first-order valence-corrected chi connectivity index (χ1v) is 9.37. The van der Waals surface area contributed by atoms with E-state index in [-0.39, 0.29) is 5.91 Å². The molecule has 1 aromatic heterocycles. The molecule has 0 spiro atoms. The molecule has 1 aliphatic carbocycles. The Labute approximate surface area is 154 Å². The summed E-state index contributed by atoms with van der Waals surface area (Å²) < 4.78 is 5.90. The number of amides is 1. The second kappa shape index (κ2) is 7.08. The maximum absolute atomic E-state index is 11.6. The van der Waals surface area contributed by atoms with Crippen molar-refractivity contribution in [1.29, 1.82) is 0 Å². The Morgan fingerprint density at radius 3 is 2.77 bits per heavy atom. The number of rotatable bonds is 4. The van der Waals surface area contributed by atoms with Crippen LogP contribution in [0.3, 0.4) is 0 Å². The van der Waals surface area contributed by atoms with Crippen LogP contribution in [0, 0.1) is 0 Å². The van der Waals surface area contributed by atoms with Crippen LogP contribution in [0.4, 0.5) is 0 Å². The van der Waals surface area contributed by atoms with Crippen LogP contribution in [0.1, 0.15) is 41.3 Å². The molecule has 5 nitrogen and oxygen atoms in total. The van der Waals surface area contributed by atoms with Crippen molar-refractivity contribution in [2.45, 2.75) is 44.7 Å². The van der Waals surface area contributed by atoms with Gasteiger partial charge in [0.15, 0.2) is 0 Å². The first kappa shape index (κ1) is 17.0. The summed E-state index contributed by atoms with van der Waals surface area (Å²) in [5, 5.41) is 2.59. The number of fused-ring (bicyclic) bond motifs is 1. The molecule has 0 saturated carbocycles. The number of carbonyl (C=O) groups excluding carboxylic acids is 1. The summed E-state index contributed by atoms with van der Waals surface area (Å²) in [5.41, 5.74) is 3.34. The van der Waals surface area contributed by atoms with Crippen LogP contribution in [0.2, 0.25) is 0 Å². The fourth-order valence-corrected chi connectivity index (χ4v) is 4.21. The first-order valence-electron chi connectivity index (χ1n) is 9.37. The molecule has 1 aliphatic heterocycles. The Bertz CT molecular complexity index is 803. The van der Waals surface area contributed by atoms with E-state index in [4.69, 9.17) is 4.74 Å². The van der Waals surface area contributed by atoms with Gasteiger partial charge in [-0.3, -0.25) is 9.69 Å². The third-order valence-electron chi connectivity index (χ3n) is 5.61. The number of nitrogens with one attached hydrogen (secondary N) is 1. The molecule has 1 saturated heterocycles. The van der Waals surface area contributed by atoms with Gasteiger partial charge in [0.1, 0.15) is 5.75 Å². The molecule has 2 aromatic rings. The molecule has 0 radical (unpaired) electrons. The number of hydrogen-bond donors (Lipinski definition) is 1. The van der Waals surface area contributed by atoms with Gasteiger partial charge in [0, 0.05) is 31.4 Å². The van der Waals surface area contributed by atoms with Crippen molar-refractivity contribution >= 4 is 5.91 Å². The molecular weight excluding hydrogens is 326 g/mol. The standard InChI is InChI=1S/C21H25N3O2/c1-14-4-3-9-24(14)18-10-15-5-7-19(12-17(15)11-18)26-20-8-6-16(13-23-20)21(25)22-2/h5-8,12-14,18H,3-4,9-11H2,1-2H3,(H,22,25)/t14-,18?/m0/s1. The zero-order chi connectivity index (χ0) is 18.1. The van der Waals surface area contributed by atoms with E-state index in [9.17, 15) is 4.79 Å². The predicted octanol–water partition coefficient (Wildman–Crippen LogP) is 3.19. The van der Waals surface area contributed by atoms with Gasteiger partial charge in [-0.05, 0) is 68.5 Å². The smallest absolute Gasteiger partial charge is 0.252 e. The average molecular weight is 351 g/mol. The van der Waals surface area contributed by atoms with Crippen molar-refractivity contribution < 1.29 is 9.53 Å². The normalized spacial score (nSPS) is 22.2. The molecule has 136 valence electrons. The maximum atomic E-state index is 11.6. The number of benzene rings is 1. The number of hydrogen-bond acceptors (Lipinski definition) is 4. The summed E-state index contributed by atoms with van der Waals surface area (Å²) in [6.45, 7) is 3.57. The number of aromatic nitrogens is 1. The molecule has 4 rings (SSSR count). The second-order valence-electron chi connectivity index (χ2n) is 7.29. The van der Waals surface area contributed by atoms with Gasteiger partial charge in [0.25, 0.3) is 5.91 Å². The van der Waals surface area contributed by atoms with Crippen molar-refractivity contribution in [2.24, 2.45) is 0 Å². The van der Waals surface area contributed by atoms with E-state index in [0.29, 0.717) is 23.5 Å². The fourth-order valence-electron chi connectivity index (χ4n) is 4.21. The van der Waals surface area contributed by atoms with Crippen LogP contribution in [-0.2, 0) is 12.8 Å². The minimum atomic E-state index is -0.149. The highest BCUT2D eigenvalue weighted by atomic mass is 16.5. The molecule has 0 bridgehead atoms. The Balaban J connectivity index is 1.45. The van der Waals surface area contributed by atoms with E-state index in [1.165, 1.54) is 36.7 Å². The molecule has 5 heteroatoms. The highest BCUT2D eigenvalue weighted by molar-refractivity contribution is 5.93. The Kier molecular flexibility index (Phi) is 4.64. The SMILES string of the molecule is CNC(=O)c1ccc(Oc2ccc3c(c2)CC(N2CCC[C@@H]2C)C3)nc1. The van der Waals surface area contributed by atoms with E-state index >= 15 is 0 Å². The van der Waals surface area contributed by atoms with Crippen LogP contribution < -0.4 is 10.1 Å². The van der Waals surface area contributed by atoms with Gasteiger partial charge >= 0.3 is 0 Å². The van der Waals surface area contributed by atoms with Gasteiger partial charge in [-0.15, -0.1) is 0 Å². The molecule has 2 heterocycles. The van der Waals surface area contributed by atoms with Crippen LogP contribution >= 0.6 is 0 Å². The summed E-state index contributed by atoms with van der Waals surface area (Å²) in [4.78, 5) is 18.5. The van der Waals surface area contributed by atoms with Crippen LogP contribution in [0.5, 0.6) is 11.6 Å². The van der Waals surface area contributed by atoms with Crippen LogP contribution in [0.25, 0.3) is 0 Å². The third-order valence-corrected chi connectivity index (χ3v) is 5.61. The summed E-state index contributed by atoms with van der Waals surface area (Å²) in [7, 11) is 1.60. The van der Waals surface area contributed by atoms with E-state index in [2.05, 4.69) is 34.3 Å². The molecule has 26 heavy (non-hydrogen) atoms. The van der Waals surface area contributed by atoms with Gasteiger partial charge in [-0.25, -0.2) is 4.98 Å². The van der Waals surface area contributed by atoms with Gasteiger partial charge < -0.3 is 10.1 Å². The second-order valence-corrected chi connectivity index (χ2v) is 7.29. The minimum Gasteiger partial charge on any atom is -0.439 e. The molecule has 1 aromatic carbocycles. The largest absolute Gasteiger partial charge is 0.439 e. The number of carbonyl (C=O) groups is 1. The zero-order valence-electron chi connectivity index (χ0n) is 15.4. The maximum Gasteiger partial charge on any atom is 0.252 e. The number of pyridine rings is 1. The third kappa shape index (κ3) is 3.31. The van der Waals surface area contributed by atoms with E-state index in [1.54, 1.807) is 19.2 Å². The Hall–Kier alpha value is -2.40. The monoisotopic (exact) mass is 351 g/mol. The van der Waals surface area contributed by atoms with E-state index in [1.807, 2.05) is 6.07 Å². The Morgan fingerprint density at radius 1 is 1.23 bits per heavy atom. The molecular formula is C21H25N3O2. The number of ether oxygens (including phenoxy) is 1. The molecule has 2 atom stereocenters. The van der Waals surface area contributed by atoms with Crippen LogP contribution in [-0.4, -0.2) is 41.5 Å². The van der Waals surface area contributed by atoms with E-state index in [0.717, 1.165) is 18.6 Å². The van der Waals surface area contributed by atoms with Gasteiger partial charge in [-0.2, -0.15) is 0 Å². The quantitative estimate of drug-likeness (QED) is 0.919. The van der Waals surface area contributed by atoms with Crippen LogP contribution in [0.15, 0.2) is 36.5 Å². The van der Waals surface area contributed by atoms with Crippen molar-refractivity contribution in [2.75, 3.05) is 13.6 Å². The molecule has 2 aliphatic rings. The van der Waals surface area contributed by atoms with Crippen molar-refractivity contribution in [3.05, 3.63) is 53.2 Å². The van der Waals surface area contributed by atoms with Crippen molar-refractivity contribution in [1.82, 2.24) is 15.2 Å². The summed E-state index contributed by atoms with van der Waals surface area (Å²) in [5.74, 6) is 1.16. The zero-order valence-corrected chi connectivity index (χ0v) is 15.4. The lowest BCUT2D eigenvalue weighted by atomic mass is 10.1. The first-order chi connectivity index (χ1) is 12.6. The predicted molar refractivity (Wildman–Crippen MR) is 101 cm³/mol. The molecule has 1 fully saturated rings. The Morgan fingerprint density at radius 2 is 2.08 bits per heavy atom. The molecule has 1 unspecified atom stereocenters. The summed E-state index contributed by atoms with van der Waals surface area (Å²) in [6.07, 6.45) is 6.41. The lowest BCUT2D eigenvalue weighted by Gasteiger charge is -2.27. The minimum absolute atomic E-state index is 0.149. The fraction of sp³-hybridized carbons (Fsp3) is 0.429. The highest BCUT2D eigenvalue weighted by Crippen LogP contribution is 2.33. The summed E-state index contributed by atoms with van der Waals surface area (Å²) >= 11 is 0. The summed E-state index contributed by atoms with van der Waals surface area (Å²) in [6, 6.07) is 11.1. The topological polar surface area (TPSA) is 54.5 Å². The highest BCUT2D eigenvalue weighted by Gasteiger charge is 2.32. The molecule has 1 amide bonds. The van der Waals surface area contributed by atoms with Gasteiger partial charge in [-0.1, -0.05) is 6.07 Å². The average Bonchev–Trinajstić information content (AvgIpc) is 3.27. The van der Waals surface area contributed by atoms with Crippen molar-refractivity contribution in [3.8, 4) is 11.6 Å². The van der Waals surface area contributed by atoms with E-state index < -0.39 is 0 Å². The van der Waals surface area contributed by atoms with Crippen molar-refractivity contribution in [3.63, 3.8) is 0 Å². The van der Waals surface area contributed by atoms with Gasteiger partial charge in [0.2, 0.25) is 5.88 Å². The lowest BCUT2D eigenvalue weighted by Crippen LogP contribution is -2.38. The lowest BCUT2D eigenvalue weighted by molar-refractivity contribution is 0.0962. The molecule has 1 N–H and O–H groups in total. The number of likely N-dealkylation sites (tertiary alicyclic amines) is 1. The number of nitrogens with zero attached hydrogens (tertiary/aromatic N) is 2.